The Morgan fingerprint density at radius 1 is 0.482 bits per heavy atom. The van der Waals surface area contributed by atoms with E-state index in [0.717, 1.165) is 89.9 Å². The maximum Gasteiger partial charge on any atom is 0.469 e. The smallest absolute Gasteiger partial charge is 0.462 e. The summed E-state index contributed by atoms with van der Waals surface area (Å²) in [5, 5.41) is 0. The summed E-state index contributed by atoms with van der Waals surface area (Å²) in [5.41, 5.74) is 0. The van der Waals surface area contributed by atoms with Crippen LogP contribution in [0.2, 0.25) is 0 Å². The molecule has 0 bridgehead atoms. The third kappa shape index (κ3) is 44.2. The fraction of sp³-hybridized carbons (Fsp3) is 0.702. The molecule has 0 spiro atoms. The highest BCUT2D eigenvalue weighted by molar-refractivity contribution is 7.46. The van der Waals surface area contributed by atoms with Gasteiger partial charge in [0.1, 0.15) is 6.61 Å². The van der Waals surface area contributed by atoms with Crippen molar-refractivity contribution in [1.29, 1.82) is 0 Å². The summed E-state index contributed by atoms with van der Waals surface area (Å²) in [7, 11) is -4.76. The Hall–Kier alpha value is -2.51. The van der Waals surface area contributed by atoms with Crippen LogP contribution in [0.15, 0.2) is 72.9 Å². The number of rotatable bonds is 40. The molecule has 0 fully saturated rings. The number of phosphoric ester groups is 1. The summed E-state index contributed by atoms with van der Waals surface area (Å²) in [6, 6.07) is 0. The standard InChI is InChI=1S/C47H81O8P/c1-3-5-7-9-11-13-15-17-19-20-21-22-23-24-25-26-28-30-32-34-36-38-40-42-47(49)55-45(44-54-56(50,51)52)43-53-46(48)41-39-37-35-33-31-29-27-18-16-14-12-10-8-6-4-2/h5,7,11-14,17-19,21-22,27,45H,3-4,6,8-10,15-16,20,23-26,28-44H2,1-2H3,(H2,50,51,52)/b7-5-,13-11-,14-12-,19-17-,22-21-,27-18-. The summed E-state index contributed by atoms with van der Waals surface area (Å²) >= 11 is 0. The van der Waals surface area contributed by atoms with E-state index in [-0.39, 0.29) is 19.4 Å². The van der Waals surface area contributed by atoms with Crippen molar-refractivity contribution < 1.29 is 37.9 Å². The van der Waals surface area contributed by atoms with Gasteiger partial charge in [0, 0.05) is 12.8 Å². The second-order valence-electron chi connectivity index (χ2n) is 14.6. The molecule has 0 aromatic rings. The Labute approximate surface area is 342 Å². The van der Waals surface area contributed by atoms with Gasteiger partial charge in [-0.3, -0.25) is 14.1 Å². The number of hydrogen-bond acceptors (Lipinski definition) is 6. The van der Waals surface area contributed by atoms with Gasteiger partial charge in [0.25, 0.3) is 0 Å². The largest absolute Gasteiger partial charge is 0.469 e. The van der Waals surface area contributed by atoms with Crippen LogP contribution in [0.4, 0.5) is 0 Å². The number of unbranched alkanes of at least 4 members (excludes halogenated alkanes) is 18. The lowest BCUT2D eigenvalue weighted by molar-refractivity contribution is -0.161. The second kappa shape index (κ2) is 42.1. The minimum atomic E-state index is -4.76. The third-order valence-corrected chi connectivity index (χ3v) is 9.69. The van der Waals surface area contributed by atoms with E-state index >= 15 is 0 Å². The highest BCUT2D eigenvalue weighted by Gasteiger charge is 2.22. The molecule has 0 aromatic carbocycles. The van der Waals surface area contributed by atoms with Gasteiger partial charge >= 0.3 is 19.8 Å². The van der Waals surface area contributed by atoms with Crippen LogP contribution < -0.4 is 0 Å². The minimum absolute atomic E-state index is 0.200. The fourth-order valence-electron chi connectivity index (χ4n) is 5.92. The van der Waals surface area contributed by atoms with Crippen LogP contribution in [0.3, 0.4) is 0 Å². The van der Waals surface area contributed by atoms with Gasteiger partial charge in [0.2, 0.25) is 0 Å². The molecule has 1 unspecified atom stereocenters. The van der Waals surface area contributed by atoms with E-state index in [0.29, 0.717) is 12.8 Å². The van der Waals surface area contributed by atoms with E-state index in [1.807, 2.05) is 0 Å². The molecule has 8 nitrogen and oxygen atoms in total. The zero-order chi connectivity index (χ0) is 41.1. The number of allylic oxidation sites excluding steroid dienone is 12. The summed E-state index contributed by atoms with van der Waals surface area (Å²) in [5.74, 6) is -0.908. The van der Waals surface area contributed by atoms with Crippen LogP contribution in [0.5, 0.6) is 0 Å². The lowest BCUT2D eigenvalue weighted by Crippen LogP contribution is -2.29. The molecule has 0 saturated heterocycles. The van der Waals surface area contributed by atoms with Gasteiger partial charge < -0.3 is 19.3 Å². The quantitative estimate of drug-likeness (QED) is 0.0272. The van der Waals surface area contributed by atoms with Crippen molar-refractivity contribution >= 4 is 19.8 Å². The second-order valence-corrected chi connectivity index (χ2v) is 15.9. The normalized spacial score (nSPS) is 13.1. The van der Waals surface area contributed by atoms with E-state index < -0.39 is 32.5 Å². The number of hydrogen-bond donors (Lipinski definition) is 2. The first kappa shape index (κ1) is 53.5. The van der Waals surface area contributed by atoms with Crippen molar-refractivity contribution in [2.75, 3.05) is 13.2 Å². The van der Waals surface area contributed by atoms with Crippen molar-refractivity contribution in [3.8, 4) is 0 Å². The molecule has 2 N–H and O–H groups in total. The van der Waals surface area contributed by atoms with Gasteiger partial charge in [0.15, 0.2) is 6.10 Å². The van der Waals surface area contributed by atoms with Crippen molar-refractivity contribution in [2.24, 2.45) is 0 Å². The Kier molecular flexibility index (Phi) is 40.2. The molecule has 0 aliphatic carbocycles. The first-order valence-corrected chi connectivity index (χ1v) is 23.8. The number of carbonyl (C=O) groups is 2. The Morgan fingerprint density at radius 2 is 0.857 bits per heavy atom. The number of carbonyl (C=O) groups excluding carboxylic acids is 2. The van der Waals surface area contributed by atoms with Crippen LogP contribution in [0, 0.1) is 0 Å². The topological polar surface area (TPSA) is 119 Å². The molecule has 0 saturated carbocycles. The molecule has 1 atom stereocenters. The Balaban J connectivity index is 3.91. The van der Waals surface area contributed by atoms with Gasteiger partial charge in [0.05, 0.1) is 6.61 Å². The van der Waals surface area contributed by atoms with Gasteiger partial charge in [-0.05, 0) is 83.5 Å². The van der Waals surface area contributed by atoms with E-state index in [1.54, 1.807) is 0 Å². The van der Waals surface area contributed by atoms with Gasteiger partial charge in [-0.15, -0.1) is 0 Å². The zero-order valence-electron chi connectivity index (χ0n) is 35.5. The molecule has 56 heavy (non-hydrogen) atoms. The molecular formula is C47H81O8P. The van der Waals surface area contributed by atoms with Crippen LogP contribution in [0.25, 0.3) is 0 Å². The molecule has 0 amide bonds. The fourth-order valence-corrected chi connectivity index (χ4v) is 6.28. The van der Waals surface area contributed by atoms with Gasteiger partial charge in [-0.25, -0.2) is 4.57 Å². The van der Waals surface area contributed by atoms with Crippen molar-refractivity contribution in [3.63, 3.8) is 0 Å². The summed E-state index contributed by atoms with van der Waals surface area (Å²) in [6.07, 6.45) is 54.8. The van der Waals surface area contributed by atoms with E-state index in [4.69, 9.17) is 19.3 Å². The van der Waals surface area contributed by atoms with Crippen LogP contribution in [0.1, 0.15) is 194 Å². The molecular weight excluding hydrogens is 723 g/mol. The predicted molar refractivity (Wildman–Crippen MR) is 234 cm³/mol. The first-order valence-electron chi connectivity index (χ1n) is 22.2. The third-order valence-electron chi connectivity index (χ3n) is 9.21. The molecule has 322 valence electrons. The predicted octanol–water partition coefficient (Wildman–Crippen LogP) is 13.9. The molecule has 0 aromatic heterocycles. The van der Waals surface area contributed by atoms with Crippen LogP contribution >= 0.6 is 7.82 Å². The molecule has 0 aliphatic rings. The first-order chi connectivity index (χ1) is 27.3. The summed E-state index contributed by atoms with van der Waals surface area (Å²) in [6.45, 7) is 3.53. The van der Waals surface area contributed by atoms with Crippen molar-refractivity contribution in [2.45, 2.75) is 200 Å². The molecule has 0 radical (unpaired) electrons. The number of phosphoric acid groups is 1. The molecule has 0 aliphatic heterocycles. The minimum Gasteiger partial charge on any atom is -0.462 e. The molecule has 9 heteroatoms. The van der Waals surface area contributed by atoms with Crippen molar-refractivity contribution in [1.82, 2.24) is 0 Å². The molecule has 0 rings (SSSR count). The van der Waals surface area contributed by atoms with E-state index in [2.05, 4.69) is 91.3 Å². The Bertz CT molecular complexity index is 1130. The molecule has 0 heterocycles. The Morgan fingerprint density at radius 3 is 1.29 bits per heavy atom. The summed E-state index contributed by atoms with van der Waals surface area (Å²) < 4.78 is 26.4. The number of ether oxygens (including phenoxy) is 2. The van der Waals surface area contributed by atoms with Gasteiger partial charge in [-0.2, -0.15) is 0 Å². The average molecular weight is 805 g/mol. The lowest BCUT2D eigenvalue weighted by Gasteiger charge is -2.18. The average Bonchev–Trinajstić information content (AvgIpc) is 3.17. The SMILES string of the molecule is CC/C=C\C/C=C\C/C=C\C/C=C\CCCCCCCCCCCCC(=O)OC(COC(=O)CCCCCCC/C=C\C/C=C\CCCCC)COP(=O)(O)O. The number of esters is 2. The van der Waals surface area contributed by atoms with Crippen LogP contribution in [-0.4, -0.2) is 41.0 Å². The monoisotopic (exact) mass is 805 g/mol. The zero-order valence-corrected chi connectivity index (χ0v) is 36.4. The van der Waals surface area contributed by atoms with E-state index in [9.17, 15) is 14.2 Å². The van der Waals surface area contributed by atoms with Crippen molar-refractivity contribution in [3.05, 3.63) is 72.9 Å². The lowest BCUT2D eigenvalue weighted by atomic mass is 10.0. The van der Waals surface area contributed by atoms with E-state index in [1.165, 1.54) is 64.2 Å². The maximum absolute atomic E-state index is 12.4. The van der Waals surface area contributed by atoms with Crippen LogP contribution in [-0.2, 0) is 28.2 Å². The maximum atomic E-state index is 12.4. The van der Waals surface area contributed by atoms with Gasteiger partial charge in [-0.1, -0.05) is 170 Å². The summed E-state index contributed by atoms with van der Waals surface area (Å²) in [4.78, 5) is 42.9. The highest BCUT2D eigenvalue weighted by Crippen LogP contribution is 2.36. The highest BCUT2D eigenvalue weighted by atomic mass is 31.2.